The number of benzene rings is 1. The third-order valence-electron chi connectivity index (χ3n) is 3.27. The maximum atomic E-state index is 11.0. The monoisotopic (exact) mass is 237 g/mol. The number of hydrogen-bond acceptors (Lipinski definition) is 2. The maximum Gasteiger partial charge on any atom is 0.152 e. The highest BCUT2D eigenvalue weighted by Crippen LogP contribution is 2.30. The molecule has 2 nitrogen and oxygen atoms in total. The zero-order valence-electron chi connectivity index (χ0n) is 9.45. The van der Waals surface area contributed by atoms with Gasteiger partial charge in [-0.15, -0.1) is 0 Å². The largest absolute Gasteiger partial charge is 0.368 e. The molecule has 1 aromatic carbocycles. The number of anilines is 1. The molecule has 1 aromatic rings. The number of carbonyl (C=O) groups is 1. The summed E-state index contributed by atoms with van der Waals surface area (Å²) < 4.78 is 0. The molecule has 0 spiro atoms. The molecule has 1 fully saturated rings. The number of halogens is 1. The molecule has 3 heteroatoms. The molecule has 0 amide bonds. The van der Waals surface area contributed by atoms with Crippen LogP contribution >= 0.6 is 11.6 Å². The fourth-order valence-electron chi connectivity index (χ4n) is 2.46. The minimum absolute atomic E-state index is 0.569. The normalized spacial score (nSPS) is 20.1. The maximum absolute atomic E-state index is 11.0. The molecule has 2 rings (SSSR count). The van der Waals surface area contributed by atoms with Crippen molar-refractivity contribution in [1.82, 2.24) is 0 Å². The number of rotatable bonds is 3. The first-order valence-electron chi connectivity index (χ1n) is 5.77. The van der Waals surface area contributed by atoms with Gasteiger partial charge in [-0.1, -0.05) is 18.5 Å². The van der Waals surface area contributed by atoms with E-state index in [0.29, 0.717) is 16.6 Å². The van der Waals surface area contributed by atoms with Crippen LogP contribution in [0.2, 0.25) is 5.02 Å². The van der Waals surface area contributed by atoms with Crippen molar-refractivity contribution in [3.63, 3.8) is 0 Å². The molecule has 1 heterocycles. The molecule has 86 valence electrons. The van der Waals surface area contributed by atoms with Crippen LogP contribution < -0.4 is 4.90 Å². The summed E-state index contributed by atoms with van der Waals surface area (Å²) in [7, 11) is 0. The predicted octanol–water partition coefficient (Wildman–Crippen LogP) is 3.53. The first-order chi connectivity index (χ1) is 7.76. The Morgan fingerprint density at radius 2 is 2.38 bits per heavy atom. The first-order valence-corrected chi connectivity index (χ1v) is 6.15. The van der Waals surface area contributed by atoms with Gasteiger partial charge in [0.05, 0.1) is 0 Å². The van der Waals surface area contributed by atoms with Crippen LogP contribution in [-0.2, 0) is 0 Å². The lowest BCUT2D eigenvalue weighted by atomic mass is 10.1. The summed E-state index contributed by atoms with van der Waals surface area (Å²) in [6, 6.07) is 6.13. The molecular weight excluding hydrogens is 222 g/mol. The fraction of sp³-hybridized carbons (Fsp3) is 0.462. The van der Waals surface area contributed by atoms with Gasteiger partial charge in [-0.3, -0.25) is 4.79 Å². The lowest BCUT2D eigenvalue weighted by Gasteiger charge is -2.27. The first kappa shape index (κ1) is 11.5. The van der Waals surface area contributed by atoms with Gasteiger partial charge in [-0.05, 0) is 37.5 Å². The average molecular weight is 238 g/mol. The van der Waals surface area contributed by atoms with E-state index in [1.807, 2.05) is 12.1 Å². The van der Waals surface area contributed by atoms with Crippen molar-refractivity contribution >= 4 is 23.6 Å². The van der Waals surface area contributed by atoms with E-state index in [2.05, 4.69) is 11.8 Å². The van der Waals surface area contributed by atoms with Crippen molar-refractivity contribution in [2.75, 3.05) is 11.4 Å². The van der Waals surface area contributed by atoms with Crippen molar-refractivity contribution in [2.24, 2.45) is 0 Å². The van der Waals surface area contributed by atoms with Crippen molar-refractivity contribution in [3.05, 3.63) is 28.8 Å². The van der Waals surface area contributed by atoms with Gasteiger partial charge in [0.15, 0.2) is 6.29 Å². The van der Waals surface area contributed by atoms with Crippen molar-refractivity contribution in [2.45, 2.75) is 32.2 Å². The van der Waals surface area contributed by atoms with Crippen LogP contribution in [0.4, 0.5) is 5.69 Å². The van der Waals surface area contributed by atoms with Gasteiger partial charge in [0.1, 0.15) is 0 Å². The Bertz CT molecular complexity index is 392. The number of nitrogens with zero attached hydrogens (tertiary/aromatic N) is 1. The molecule has 0 bridgehead atoms. The van der Waals surface area contributed by atoms with E-state index in [0.717, 1.165) is 24.9 Å². The Morgan fingerprint density at radius 1 is 1.56 bits per heavy atom. The molecule has 0 N–H and O–H groups in total. The Labute approximate surface area is 101 Å². The highest BCUT2D eigenvalue weighted by atomic mass is 35.5. The SMILES string of the molecule is CCC1CCCN1c1ccc(Cl)cc1C=O. The molecule has 1 atom stereocenters. The van der Waals surface area contributed by atoms with E-state index in [-0.39, 0.29) is 0 Å². The van der Waals surface area contributed by atoms with Gasteiger partial charge >= 0.3 is 0 Å². The van der Waals surface area contributed by atoms with Crippen LogP contribution in [0, 0.1) is 0 Å². The van der Waals surface area contributed by atoms with Gasteiger partial charge in [-0.2, -0.15) is 0 Å². The second-order valence-corrected chi connectivity index (χ2v) is 4.66. The summed E-state index contributed by atoms with van der Waals surface area (Å²) in [6.45, 7) is 3.24. The van der Waals surface area contributed by atoms with E-state index in [1.165, 1.54) is 12.8 Å². The van der Waals surface area contributed by atoms with Crippen LogP contribution in [0.1, 0.15) is 36.5 Å². The third-order valence-corrected chi connectivity index (χ3v) is 3.51. The summed E-state index contributed by atoms with van der Waals surface area (Å²) in [5.74, 6) is 0. The summed E-state index contributed by atoms with van der Waals surface area (Å²) in [4.78, 5) is 13.4. The molecule has 0 aliphatic carbocycles. The van der Waals surface area contributed by atoms with E-state index in [1.54, 1.807) is 6.07 Å². The lowest BCUT2D eigenvalue weighted by Crippen LogP contribution is -2.29. The van der Waals surface area contributed by atoms with Crippen LogP contribution in [0.15, 0.2) is 18.2 Å². The molecule has 1 unspecified atom stereocenters. The summed E-state index contributed by atoms with van der Waals surface area (Å²) in [6.07, 6.45) is 4.45. The summed E-state index contributed by atoms with van der Waals surface area (Å²) >= 11 is 5.90. The second kappa shape index (κ2) is 4.88. The predicted molar refractivity (Wildman–Crippen MR) is 67.5 cm³/mol. The molecule has 1 saturated heterocycles. The number of carbonyl (C=O) groups excluding carboxylic acids is 1. The van der Waals surface area contributed by atoms with Crippen molar-refractivity contribution in [1.29, 1.82) is 0 Å². The highest BCUT2D eigenvalue weighted by molar-refractivity contribution is 6.31. The molecule has 16 heavy (non-hydrogen) atoms. The molecule has 1 aliphatic rings. The van der Waals surface area contributed by atoms with Crippen LogP contribution in [0.25, 0.3) is 0 Å². The Kier molecular flexibility index (Phi) is 3.49. The minimum Gasteiger partial charge on any atom is -0.368 e. The zero-order valence-corrected chi connectivity index (χ0v) is 10.2. The van der Waals surface area contributed by atoms with Gasteiger partial charge in [0, 0.05) is 28.9 Å². The van der Waals surface area contributed by atoms with Crippen LogP contribution in [-0.4, -0.2) is 18.9 Å². The van der Waals surface area contributed by atoms with Gasteiger partial charge in [0.25, 0.3) is 0 Å². The van der Waals surface area contributed by atoms with E-state index in [9.17, 15) is 4.79 Å². The summed E-state index contributed by atoms with van der Waals surface area (Å²) in [5.41, 5.74) is 1.73. The standard InChI is InChI=1S/C13H16ClNO/c1-2-12-4-3-7-15(12)13-6-5-11(14)8-10(13)9-16/h5-6,8-9,12H,2-4,7H2,1H3. The van der Waals surface area contributed by atoms with E-state index in [4.69, 9.17) is 11.6 Å². The molecular formula is C13H16ClNO. The second-order valence-electron chi connectivity index (χ2n) is 4.22. The number of hydrogen-bond donors (Lipinski definition) is 0. The average Bonchev–Trinajstić information content (AvgIpc) is 2.76. The minimum atomic E-state index is 0.569. The number of aldehydes is 1. The smallest absolute Gasteiger partial charge is 0.152 e. The third kappa shape index (κ3) is 2.07. The Morgan fingerprint density at radius 3 is 3.06 bits per heavy atom. The highest BCUT2D eigenvalue weighted by Gasteiger charge is 2.24. The Balaban J connectivity index is 2.35. The van der Waals surface area contributed by atoms with Crippen molar-refractivity contribution < 1.29 is 4.79 Å². The van der Waals surface area contributed by atoms with Crippen LogP contribution in [0.5, 0.6) is 0 Å². The molecule has 0 saturated carbocycles. The summed E-state index contributed by atoms with van der Waals surface area (Å²) in [5, 5.41) is 0.623. The topological polar surface area (TPSA) is 20.3 Å². The van der Waals surface area contributed by atoms with Crippen LogP contribution in [0.3, 0.4) is 0 Å². The van der Waals surface area contributed by atoms with Crippen molar-refractivity contribution in [3.8, 4) is 0 Å². The Hall–Kier alpha value is -1.02. The quantitative estimate of drug-likeness (QED) is 0.750. The molecule has 0 radical (unpaired) electrons. The van der Waals surface area contributed by atoms with Gasteiger partial charge in [0.2, 0.25) is 0 Å². The van der Waals surface area contributed by atoms with E-state index < -0.39 is 0 Å². The van der Waals surface area contributed by atoms with Gasteiger partial charge < -0.3 is 4.90 Å². The lowest BCUT2D eigenvalue weighted by molar-refractivity contribution is 0.112. The van der Waals surface area contributed by atoms with E-state index >= 15 is 0 Å². The molecule has 1 aliphatic heterocycles. The fourth-order valence-corrected chi connectivity index (χ4v) is 2.64. The molecule has 0 aromatic heterocycles. The van der Waals surface area contributed by atoms with Gasteiger partial charge in [-0.25, -0.2) is 0 Å². The zero-order chi connectivity index (χ0) is 11.5.